The number of hydrogen-bond donors (Lipinski definition) is 1. The second-order valence-electron chi connectivity index (χ2n) is 6.76. The van der Waals surface area contributed by atoms with Gasteiger partial charge in [0.05, 0.1) is 10.6 Å². The van der Waals surface area contributed by atoms with Crippen LogP contribution in [0.2, 0.25) is 5.02 Å². The number of rotatable bonds is 4. The summed E-state index contributed by atoms with van der Waals surface area (Å²) in [6.07, 6.45) is 0.998. The minimum absolute atomic E-state index is 0.0192. The van der Waals surface area contributed by atoms with Gasteiger partial charge >= 0.3 is 0 Å². The zero-order valence-corrected chi connectivity index (χ0v) is 15.7. The SMILES string of the molecule is CN1CC[C@@H](N(C)C(=O)c2ccc(-c3ccc(Cl)c(C(N)=O)c3)cc2)C1. The van der Waals surface area contributed by atoms with Gasteiger partial charge in [0.15, 0.2) is 0 Å². The van der Waals surface area contributed by atoms with E-state index in [1.54, 1.807) is 12.1 Å². The van der Waals surface area contributed by atoms with Gasteiger partial charge < -0.3 is 15.5 Å². The number of halogens is 1. The maximum Gasteiger partial charge on any atom is 0.253 e. The highest BCUT2D eigenvalue weighted by atomic mass is 35.5. The van der Waals surface area contributed by atoms with Crippen molar-refractivity contribution in [1.29, 1.82) is 0 Å². The van der Waals surface area contributed by atoms with Crippen molar-refractivity contribution >= 4 is 23.4 Å². The molecule has 0 aliphatic carbocycles. The fourth-order valence-electron chi connectivity index (χ4n) is 3.30. The van der Waals surface area contributed by atoms with Gasteiger partial charge in [-0.1, -0.05) is 29.8 Å². The van der Waals surface area contributed by atoms with Crippen molar-refractivity contribution in [3.05, 3.63) is 58.6 Å². The predicted octanol–water partition coefficient (Wildman–Crippen LogP) is 2.88. The molecule has 0 spiro atoms. The molecular formula is C20H22ClN3O2. The van der Waals surface area contributed by atoms with E-state index < -0.39 is 5.91 Å². The Kier molecular flexibility index (Phi) is 5.30. The smallest absolute Gasteiger partial charge is 0.253 e. The quantitative estimate of drug-likeness (QED) is 0.898. The number of hydrogen-bond acceptors (Lipinski definition) is 3. The van der Waals surface area contributed by atoms with Crippen molar-refractivity contribution in [3.63, 3.8) is 0 Å². The van der Waals surface area contributed by atoms with Crippen molar-refractivity contribution < 1.29 is 9.59 Å². The Morgan fingerprint density at radius 3 is 2.38 bits per heavy atom. The largest absolute Gasteiger partial charge is 0.366 e. The normalized spacial score (nSPS) is 17.3. The van der Waals surface area contributed by atoms with Crippen LogP contribution < -0.4 is 5.73 Å². The monoisotopic (exact) mass is 371 g/mol. The minimum atomic E-state index is -0.563. The van der Waals surface area contributed by atoms with Gasteiger partial charge in [0.1, 0.15) is 0 Å². The highest BCUT2D eigenvalue weighted by Crippen LogP contribution is 2.26. The molecule has 0 radical (unpaired) electrons. The van der Waals surface area contributed by atoms with Crippen LogP contribution in [-0.4, -0.2) is 54.8 Å². The molecule has 1 atom stereocenters. The maximum absolute atomic E-state index is 12.7. The molecule has 26 heavy (non-hydrogen) atoms. The number of carbonyl (C=O) groups excluding carboxylic acids is 2. The van der Waals surface area contributed by atoms with Gasteiger partial charge in [-0.3, -0.25) is 9.59 Å². The molecule has 1 aliphatic rings. The number of likely N-dealkylation sites (N-methyl/N-ethyl adjacent to an activating group) is 2. The average Bonchev–Trinajstić information content (AvgIpc) is 3.07. The molecule has 0 aromatic heterocycles. The number of nitrogens with two attached hydrogens (primary N) is 1. The Balaban J connectivity index is 1.79. The molecule has 3 rings (SSSR count). The standard InChI is InChI=1S/C20H22ClN3O2/c1-23-10-9-16(12-23)24(2)20(26)14-5-3-13(4-6-14)15-7-8-18(21)17(11-15)19(22)25/h3-8,11,16H,9-10,12H2,1-2H3,(H2,22,25)/t16-/m1/s1. The highest BCUT2D eigenvalue weighted by molar-refractivity contribution is 6.33. The van der Waals surface area contributed by atoms with Crippen molar-refractivity contribution in [3.8, 4) is 11.1 Å². The van der Waals surface area contributed by atoms with Gasteiger partial charge in [-0.15, -0.1) is 0 Å². The lowest BCUT2D eigenvalue weighted by molar-refractivity contribution is 0.0737. The van der Waals surface area contributed by atoms with Crippen LogP contribution >= 0.6 is 11.6 Å². The van der Waals surface area contributed by atoms with E-state index in [9.17, 15) is 9.59 Å². The van der Waals surface area contributed by atoms with Gasteiger partial charge in [0.2, 0.25) is 5.91 Å². The summed E-state index contributed by atoms with van der Waals surface area (Å²) in [5.41, 5.74) is 8.01. The third-order valence-corrected chi connectivity index (χ3v) is 5.26. The van der Waals surface area contributed by atoms with Crippen LogP contribution in [0.5, 0.6) is 0 Å². The summed E-state index contributed by atoms with van der Waals surface area (Å²) in [7, 11) is 3.93. The van der Waals surface area contributed by atoms with Crippen LogP contribution in [0, 0.1) is 0 Å². The first kappa shape index (κ1) is 18.4. The third-order valence-electron chi connectivity index (χ3n) is 4.93. The molecule has 2 N–H and O–H groups in total. The summed E-state index contributed by atoms with van der Waals surface area (Å²) in [5.74, 6) is -0.544. The molecule has 1 fully saturated rings. The van der Waals surface area contributed by atoms with E-state index in [1.165, 1.54) is 0 Å². The molecular weight excluding hydrogens is 350 g/mol. The lowest BCUT2D eigenvalue weighted by Crippen LogP contribution is -2.38. The Labute approximate surface area is 158 Å². The average molecular weight is 372 g/mol. The third kappa shape index (κ3) is 3.74. The van der Waals surface area contributed by atoms with Crippen LogP contribution in [0.4, 0.5) is 0 Å². The van der Waals surface area contributed by atoms with Crippen LogP contribution in [0.1, 0.15) is 27.1 Å². The van der Waals surface area contributed by atoms with E-state index in [1.807, 2.05) is 42.3 Å². The van der Waals surface area contributed by atoms with E-state index in [0.717, 1.165) is 30.6 Å². The number of primary amides is 1. The Bertz CT molecular complexity index is 835. The van der Waals surface area contributed by atoms with Gasteiger partial charge in [-0.05, 0) is 55.4 Å². The molecule has 0 bridgehead atoms. The van der Waals surface area contributed by atoms with Crippen LogP contribution in [-0.2, 0) is 0 Å². The first-order valence-corrected chi connectivity index (χ1v) is 8.90. The molecule has 136 valence electrons. The summed E-state index contributed by atoms with van der Waals surface area (Å²) < 4.78 is 0. The topological polar surface area (TPSA) is 66.6 Å². The molecule has 0 unspecified atom stereocenters. The first-order chi connectivity index (χ1) is 12.4. The molecule has 1 heterocycles. The van der Waals surface area contributed by atoms with E-state index in [2.05, 4.69) is 11.9 Å². The fraction of sp³-hybridized carbons (Fsp3) is 0.300. The van der Waals surface area contributed by atoms with Gasteiger partial charge in [0, 0.05) is 25.2 Å². The second-order valence-corrected chi connectivity index (χ2v) is 7.16. The van der Waals surface area contributed by atoms with E-state index in [-0.39, 0.29) is 17.5 Å². The minimum Gasteiger partial charge on any atom is -0.366 e. The van der Waals surface area contributed by atoms with Crippen molar-refractivity contribution in [2.75, 3.05) is 27.2 Å². The molecule has 5 nitrogen and oxygen atoms in total. The zero-order valence-electron chi connectivity index (χ0n) is 14.9. The molecule has 2 aromatic carbocycles. The number of nitrogens with zero attached hydrogens (tertiary/aromatic N) is 2. The van der Waals surface area contributed by atoms with Crippen molar-refractivity contribution in [2.45, 2.75) is 12.5 Å². The Morgan fingerprint density at radius 1 is 1.15 bits per heavy atom. The number of benzene rings is 2. The second kappa shape index (κ2) is 7.48. The molecule has 2 amide bonds. The lowest BCUT2D eigenvalue weighted by atomic mass is 10.0. The Hall–Kier alpha value is -2.37. The summed E-state index contributed by atoms with van der Waals surface area (Å²) in [5, 5.41) is 0.330. The number of carbonyl (C=O) groups is 2. The van der Waals surface area contributed by atoms with E-state index in [0.29, 0.717) is 10.6 Å². The van der Waals surface area contributed by atoms with E-state index >= 15 is 0 Å². The van der Waals surface area contributed by atoms with Crippen molar-refractivity contribution in [1.82, 2.24) is 9.80 Å². The molecule has 0 saturated carbocycles. The molecule has 1 saturated heterocycles. The zero-order chi connectivity index (χ0) is 18.8. The van der Waals surface area contributed by atoms with Gasteiger partial charge in [-0.25, -0.2) is 0 Å². The van der Waals surface area contributed by atoms with Gasteiger partial charge in [-0.2, -0.15) is 0 Å². The predicted molar refractivity (Wildman–Crippen MR) is 103 cm³/mol. The molecule has 6 heteroatoms. The number of amides is 2. The first-order valence-electron chi connectivity index (χ1n) is 8.52. The summed E-state index contributed by atoms with van der Waals surface area (Å²) >= 11 is 6.00. The molecule has 2 aromatic rings. The maximum atomic E-state index is 12.7. The lowest BCUT2D eigenvalue weighted by Gasteiger charge is -2.24. The van der Waals surface area contributed by atoms with E-state index in [4.69, 9.17) is 17.3 Å². The highest BCUT2D eigenvalue weighted by Gasteiger charge is 2.26. The van der Waals surface area contributed by atoms with Crippen LogP contribution in [0.25, 0.3) is 11.1 Å². The number of likely N-dealkylation sites (tertiary alicyclic amines) is 1. The fourth-order valence-corrected chi connectivity index (χ4v) is 3.51. The van der Waals surface area contributed by atoms with Crippen LogP contribution in [0.3, 0.4) is 0 Å². The summed E-state index contributed by atoms with van der Waals surface area (Å²) in [6, 6.07) is 12.8. The van der Waals surface area contributed by atoms with Crippen LogP contribution in [0.15, 0.2) is 42.5 Å². The van der Waals surface area contributed by atoms with Gasteiger partial charge in [0.25, 0.3) is 5.91 Å². The molecule has 1 aliphatic heterocycles. The Morgan fingerprint density at radius 2 is 1.81 bits per heavy atom. The summed E-state index contributed by atoms with van der Waals surface area (Å²) in [6.45, 7) is 1.92. The summed E-state index contributed by atoms with van der Waals surface area (Å²) in [4.78, 5) is 28.2. The van der Waals surface area contributed by atoms with Crippen molar-refractivity contribution in [2.24, 2.45) is 5.73 Å².